The van der Waals surface area contributed by atoms with E-state index in [0.29, 0.717) is 19.4 Å². The van der Waals surface area contributed by atoms with Crippen LogP contribution >= 0.6 is 27.3 Å². The number of amides is 1. The van der Waals surface area contributed by atoms with Crippen molar-refractivity contribution in [2.75, 3.05) is 5.32 Å². The summed E-state index contributed by atoms with van der Waals surface area (Å²) >= 11 is 4.63. The predicted molar refractivity (Wildman–Crippen MR) is 90.1 cm³/mol. The van der Waals surface area contributed by atoms with Gasteiger partial charge in [0.15, 0.2) is 0 Å². The van der Waals surface area contributed by atoms with E-state index in [4.69, 9.17) is 0 Å². The molecule has 0 aliphatic rings. The highest BCUT2D eigenvalue weighted by Gasteiger charge is 2.06. The van der Waals surface area contributed by atoms with E-state index in [1.807, 2.05) is 37.4 Å². The van der Waals surface area contributed by atoms with Crippen LogP contribution in [0, 0.1) is 13.8 Å². The lowest BCUT2D eigenvalue weighted by Gasteiger charge is -2.08. The fourth-order valence-electron chi connectivity index (χ4n) is 2.02. The summed E-state index contributed by atoms with van der Waals surface area (Å²) in [5, 5.41) is 4.72. The fourth-order valence-corrected chi connectivity index (χ4v) is 3.03. The van der Waals surface area contributed by atoms with Gasteiger partial charge in [-0.25, -0.2) is 0 Å². The molecular formula is C15H17BrN2O2S. The number of nitrogens with zero attached hydrogens (tertiary/aromatic N) is 1. The van der Waals surface area contributed by atoms with Crippen molar-refractivity contribution < 1.29 is 4.79 Å². The van der Waals surface area contributed by atoms with Crippen LogP contribution in [0.5, 0.6) is 0 Å². The molecular weight excluding hydrogens is 352 g/mol. The second-order valence-electron chi connectivity index (χ2n) is 4.91. The van der Waals surface area contributed by atoms with Crippen molar-refractivity contribution in [3.8, 4) is 0 Å². The standard InChI is InChI=1S/C15H17BrN2O2S/c1-10-8-12(5-6-13(10)16)17-14(19)4-3-7-18-11(2)9-21-15(18)20/h5-6,8-9H,3-4,7H2,1-2H3,(H,17,19). The second kappa shape index (κ2) is 7.04. The van der Waals surface area contributed by atoms with Crippen LogP contribution in [-0.2, 0) is 11.3 Å². The number of thiazole rings is 1. The van der Waals surface area contributed by atoms with Gasteiger partial charge in [0.2, 0.25) is 5.91 Å². The van der Waals surface area contributed by atoms with Crippen molar-refractivity contribution in [1.82, 2.24) is 4.57 Å². The van der Waals surface area contributed by atoms with Gasteiger partial charge in [-0.2, -0.15) is 0 Å². The van der Waals surface area contributed by atoms with E-state index in [0.717, 1.165) is 21.4 Å². The number of rotatable bonds is 5. The average Bonchev–Trinajstić information content (AvgIpc) is 2.74. The van der Waals surface area contributed by atoms with Crippen molar-refractivity contribution in [2.24, 2.45) is 0 Å². The molecule has 1 aromatic heterocycles. The normalized spacial score (nSPS) is 10.6. The molecule has 0 saturated carbocycles. The number of nitrogens with one attached hydrogen (secondary N) is 1. The van der Waals surface area contributed by atoms with Gasteiger partial charge in [0.25, 0.3) is 0 Å². The van der Waals surface area contributed by atoms with Crippen LogP contribution in [0.25, 0.3) is 0 Å². The van der Waals surface area contributed by atoms with E-state index in [-0.39, 0.29) is 10.8 Å². The Morgan fingerprint density at radius 2 is 2.14 bits per heavy atom. The lowest BCUT2D eigenvalue weighted by Crippen LogP contribution is -2.17. The van der Waals surface area contributed by atoms with Crippen LogP contribution in [0.4, 0.5) is 5.69 Å². The summed E-state index contributed by atoms with van der Waals surface area (Å²) in [7, 11) is 0. The third-order valence-corrected chi connectivity index (χ3v) is 4.97. The largest absolute Gasteiger partial charge is 0.326 e. The molecule has 2 aromatic rings. The zero-order valence-electron chi connectivity index (χ0n) is 12.0. The molecule has 2 rings (SSSR count). The Hall–Kier alpha value is -1.40. The summed E-state index contributed by atoms with van der Waals surface area (Å²) in [5.41, 5.74) is 2.83. The van der Waals surface area contributed by atoms with Gasteiger partial charge in [-0.1, -0.05) is 27.3 Å². The number of aromatic nitrogens is 1. The van der Waals surface area contributed by atoms with Crippen LogP contribution in [0.3, 0.4) is 0 Å². The second-order valence-corrected chi connectivity index (χ2v) is 6.59. The number of hydrogen-bond donors (Lipinski definition) is 1. The summed E-state index contributed by atoms with van der Waals surface area (Å²) in [6.07, 6.45) is 1.05. The molecule has 0 saturated heterocycles. The van der Waals surface area contributed by atoms with E-state index >= 15 is 0 Å². The number of halogens is 1. The van der Waals surface area contributed by atoms with Gasteiger partial charge in [0.1, 0.15) is 0 Å². The molecule has 1 aromatic carbocycles. The first kappa shape index (κ1) is 16.0. The highest BCUT2D eigenvalue weighted by Crippen LogP contribution is 2.20. The summed E-state index contributed by atoms with van der Waals surface area (Å²) in [6.45, 7) is 4.47. The van der Waals surface area contributed by atoms with Crippen LogP contribution in [0.1, 0.15) is 24.1 Å². The Morgan fingerprint density at radius 1 is 1.38 bits per heavy atom. The molecule has 1 heterocycles. The molecule has 21 heavy (non-hydrogen) atoms. The SMILES string of the molecule is Cc1cc(NC(=O)CCCn2c(C)csc2=O)ccc1Br. The number of hydrogen-bond acceptors (Lipinski definition) is 3. The first-order valence-electron chi connectivity index (χ1n) is 6.68. The zero-order chi connectivity index (χ0) is 15.4. The minimum absolute atomic E-state index is 0.0299. The first-order chi connectivity index (χ1) is 9.97. The van der Waals surface area contributed by atoms with Gasteiger partial charge in [-0.05, 0) is 44.0 Å². The van der Waals surface area contributed by atoms with E-state index in [1.54, 1.807) is 4.57 Å². The third kappa shape index (κ3) is 4.28. The van der Waals surface area contributed by atoms with E-state index < -0.39 is 0 Å². The Bertz CT molecular complexity index is 706. The third-order valence-electron chi connectivity index (χ3n) is 3.20. The van der Waals surface area contributed by atoms with E-state index in [1.165, 1.54) is 11.3 Å². The van der Waals surface area contributed by atoms with Crippen molar-refractivity contribution in [1.29, 1.82) is 0 Å². The Balaban J connectivity index is 1.85. The van der Waals surface area contributed by atoms with Crippen LogP contribution in [0.2, 0.25) is 0 Å². The monoisotopic (exact) mass is 368 g/mol. The maximum atomic E-state index is 11.9. The molecule has 1 amide bonds. The molecule has 6 heteroatoms. The van der Waals surface area contributed by atoms with Crippen molar-refractivity contribution >= 4 is 38.9 Å². The number of carbonyl (C=O) groups is 1. The van der Waals surface area contributed by atoms with E-state index in [9.17, 15) is 9.59 Å². The van der Waals surface area contributed by atoms with Gasteiger partial charge in [0, 0.05) is 34.2 Å². The number of benzene rings is 1. The molecule has 0 bridgehead atoms. The van der Waals surface area contributed by atoms with Gasteiger partial charge < -0.3 is 9.88 Å². The topological polar surface area (TPSA) is 51.1 Å². The Labute approximate surface area is 135 Å². The minimum Gasteiger partial charge on any atom is -0.326 e. The molecule has 4 nitrogen and oxygen atoms in total. The van der Waals surface area contributed by atoms with Crippen molar-refractivity contribution in [3.63, 3.8) is 0 Å². The van der Waals surface area contributed by atoms with Crippen LogP contribution in [-0.4, -0.2) is 10.5 Å². The summed E-state index contributed by atoms with van der Waals surface area (Å²) in [4.78, 5) is 23.5. The Morgan fingerprint density at radius 3 is 2.76 bits per heavy atom. The lowest BCUT2D eigenvalue weighted by atomic mass is 10.2. The molecule has 1 N–H and O–H groups in total. The quantitative estimate of drug-likeness (QED) is 0.874. The molecule has 0 radical (unpaired) electrons. The van der Waals surface area contributed by atoms with Gasteiger partial charge in [-0.15, -0.1) is 0 Å². The Kier molecular flexibility index (Phi) is 5.36. The summed E-state index contributed by atoms with van der Waals surface area (Å²) in [5.74, 6) is -0.0299. The molecule has 0 spiro atoms. The predicted octanol–water partition coefficient (Wildman–Crippen LogP) is 3.71. The van der Waals surface area contributed by atoms with E-state index in [2.05, 4.69) is 21.2 Å². The molecule has 0 fully saturated rings. The summed E-state index contributed by atoms with van der Waals surface area (Å²) < 4.78 is 2.73. The number of carbonyl (C=O) groups excluding carboxylic acids is 1. The van der Waals surface area contributed by atoms with Crippen LogP contribution in [0.15, 0.2) is 32.8 Å². The highest BCUT2D eigenvalue weighted by molar-refractivity contribution is 9.10. The maximum absolute atomic E-state index is 11.9. The number of anilines is 1. The fraction of sp³-hybridized carbons (Fsp3) is 0.333. The molecule has 0 atom stereocenters. The average molecular weight is 369 g/mol. The molecule has 0 aliphatic heterocycles. The first-order valence-corrected chi connectivity index (χ1v) is 8.35. The minimum atomic E-state index is -0.0299. The highest BCUT2D eigenvalue weighted by atomic mass is 79.9. The van der Waals surface area contributed by atoms with Gasteiger partial charge in [-0.3, -0.25) is 9.59 Å². The summed E-state index contributed by atoms with van der Waals surface area (Å²) in [6, 6.07) is 5.71. The van der Waals surface area contributed by atoms with Gasteiger partial charge >= 0.3 is 4.87 Å². The maximum Gasteiger partial charge on any atom is 0.307 e. The molecule has 0 unspecified atom stereocenters. The molecule has 112 valence electrons. The van der Waals surface area contributed by atoms with Crippen LogP contribution < -0.4 is 10.2 Å². The zero-order valence-corrected chi connectivity index (χ0v) is 14.4. The van der Waals surface area contributed by atoms with Crippen molar-refractivity contribution in [3.05, 3.63) is 49.0 Å². The molecule has 0 aliphatic carbocycles. The lowest BCUT2D eigenvalue weighted by molar-refractivity contribution is -0.116. The van der Waals surface area contributed by atoms with Crippen molar-refractivity contribution in [2.45, 2.75) is 33.2 Å². The smallest absolute Gasteiger partial charge is 0.307 e. The number of aryl methyl sites for hydroxylation is 2. The van der Waals surface area contributed by atoms with Gasteiger partial charge in [0.05, 0.1) is 0 Å².